The molecule has 0 aliphatic carbocycles. The number of aryl methyl sites for hydroxylation is 1. The molecule has 328 valence electrons. The zero-order chi connectivity index (χ0) is 44.0. The molecule has 21 heteroatoms. The van der Waals surface area contributed by atoms with Gasteiger partial charge in [0.05, 0.1) is 33.9 Å². The van der Waals surface area contributed by atoms with Crippen LogP contribution in [0.3, 0.4) is 0 Å². The van der Waals surface area contributed by atoms with Gasteiger partial charge in [0.15, 0.2) is 5.75 Å². The number of hydrogen-bond acceptors (Lipinski definition) is 13. The summed E-state index contributed by atoms with van der Waals surface area (Å²) in [5.41, 5.74) is 3.51. The number of fused-ring (bicyclic) bond motifs is 2. The number of carbonyl (C=O) groups is 2. The van der Waals surface area contributed by atoms with Crippen molar-refractivity contribution in [2.75, 3.05) is 50.0 Å². The van der Waals surface area contributed by atoms with Gasteiger partial charge in [-0.1, -0.05) is 13.8 Å². The molecule has 0 saturated carbocycles. The molecule has 2 atom stereocenters. The van der Waals surface area contributed by atoms with Gasteiger partial charge in [0.2, 0.25) is 33.4 Å². The molecule has 2 saturated heterocycles. The van der Waals surface area contributed by atoms with Crippen LogP contribution in [0.4, 0.5) is 21.7 Å². The van der Waals surface area contributed by atoms with E-state index in [0.29, 0.717) is 59.1 Å². The molecule has 2 amide bonds. The van der Waals surface area contributed by atoms with Crippen molar-refractivity contribution in [2.24, 2.45) is 13.0 Å². The second kappa shape index (κ2) is 16.9. The number of aromatic nitrogens is 8. The molecular weight excluding hydrogens is 822 g/mol. The minimum Gasteiger partial charge on any atom is -0.485 e. The number of amides is 2. The van der Waals surface area contributed by atoms with E-state index in [-0.39, 0.29) is 59.7 Å². The third-order valence-electron chi connectivity index (χ3n) is 11.5. The van der Waals surface area contributed by atoms with Gasteiger partial charge in [-0.05, 0) is 75.5 Å². The first-order valence-electron chi connectivity index (χ1n) is 20.6. The SMILES string of the molecule is CC(C)Oc1c(-c2cn[nH]c2)ncn2nc(Nc3ccc(S(=O)(=O)N(C)CCCN4CCN(c5ccc6c(c5)n(C)c(=O)n6C5CCC(=O)NC5=O)C[C@H]4C(C)C)cc3F)nc12. The van der Waals surface area contributed by atoms with Crippen molar-refractivity contribution >= 4 is 55.8 Å². The smallest absolute Gasteiger partial charge is 0.329 e. The van der Waals surface area contributed by atoms with E-state index in [1.54, 1.807) is 24.0 Å². The summed E-state index contributed by atoms with van der Waals surface area (Å²) in [6.45, 7) is 11.1. The van der Waals surface area contributed by atoms with Crippen LogP contribution in [0, 0.1) is 11.7 Å². The van der Waals surface area contributed by atoms with E-state index in [4.69, 9.17) is 4.74 Å². The van der Waals surface area contributed by atoms with E-state index in [1.165, 1.54) is 38.9 Å². The highest BCUT2D eigenvalue weighted by Gasteiger charge is 2.33. The lowest BCUT2D eigenvalue weighted by atomic mass is 9.98. The molecule has 4 aromatic heterocycles. The van der Waals surface area contributed by atoms with Gasteiger partial charge >= 0.3 is 5.69 Å². The number of aromatic amines is 1. The number of nitrogens with zero attached hydrogens (tertiary/aromatic N) is 10. The fourth-order valence-electron chi connectivity index (χ4n) is 8.26. The van der Waals surface area contributed by atoms with Crippen molar-refractivity contribution in [1.82, 2.24) is 53.4 Å². The van der Waals surface area contributed by atoms with Gasteiger partial charge in [0.25, 0.3) is 0 Å². The third-order valence-corrected chi connectivity index (χ3v) is 13.4. The van der Waals surface area contributed by atoms with Crippen LogP contribution in [0.15, 0.2) is 64.8 Å². The lowest BCUT2D eigenvalue weighted by molar-refractivity contribution is -0.135. The number of halogens is 1. The Labute approximate surface area is 356 Å². The van der Waals surface area contributed by atoms with Gasteiger partial charge in [-0.2, -0.15) is 14.6 Å². The van der Waals surface area contributed by atoms with Crippen LogP contribution < -0.4 is 26.0 Å². The molecule has 6 aromatic rings. The topological polar surface area (TPSA) is 210 Å². The predicted molar refractivity (Wildman–Crippen MR) is 229 cm³/mol. The number of nitrogens with one attached hydrogen (secondary N) is 3. The lowest BCUT2D eigenvalue weighted by Crippen LogP contribution is -2.55. The highest BCUT2D eigenvalue weighted by molar-refractivity contribution is 7.89. The minimum atomic E-state index is -4.02. The summed E-state index contributed by atoms with van der Waals surface area (Å²) >= 11 is 0. The quantitative estimate of drug-likeness (QED) is 0.134. The summed E-state index contributed by atoms with van der Waals surface area (Å²) in [4.78, 5) is 51.2. The highest BCUT2D eigenvalue weighted by Crippen LogP contribution is 2.33. The lowest BCUT2D eigenvalue weighted by Gasteiger charge is -2.44. The average molecular weight is 872 g/mol. The maximum Gasteiger partial charge on any atom is 0.329 e. The van der Waals surface area contributed by atoms with Crippen molar-refractivity contribution in [3.8, 4) is 17.0 Å². The molecule has 1 unspecified atom stereocenters. The molecule has 8 rings (SSSR count). The number of H-pyrrole nitrogens is 1. The molecule has 0 radical (unpaired) electrons. The number of hydrogen-bond donors (Lipinski definition) is 3. The van der Waals surface area contributed by atoms with E-state index in [9.17, 15) is 22.8 Å². The Kier molecular flexibility index (Phi) is 11.6. The maximum absolute atomic E-state index is 15.6. The van der Waals surface area contributed by atoms with Crippen molar-refractivity contribution in [2.45, 2.75) is 70.0 Å². The van der Waals surface area contributed by atoms with E-state index in [0.717, 1.165) is 24.8 Å². The monoisotopic (exact) mass is 871 g/mol. The van der Waals surface area contributed by atoms with Crippen LogP contribution in [-0.4, -0.2) is 120 Å². The van der Waals surface area contributed by atoms with E-state index < -0.39 is 27.8 Å². The molecule has 3 N–H and O–H groups in total. The molecule has 2 aromatic carbocycles. The van der Waals surface area contributed by atoms with Crippen molar-refractivity contribution in [3.63, 3.8) is 0 Å². The second-order valence-electron chi connectivity index (χ2n) is 16.4. The van der Waals surface area contributed by atoms with Crippen LogP contribution in [0.2, 0.25) is 0 Å². The Bertz CT molecular complexity index is 2820. The Morgan fingerprint density at radius 1 is 1.06 bits per heavy atom. The van der Waals surface area contributed by atoms with Crippen LogP contribution in [0.25, 0.3) is 27.9 Å². The number of anilines is 3. The Morgan fingerprint density at radius 3 is 2.58 bits per heavy atom. The largest absolute Gasteiger partial charge is 0.485 e. The number of piperidine rings is 1. The molecule has 62 heavy (non-hydrogen) atoms. The Hall–Kier alpha value is -6.19. The maximum atomic E-state index is 15.6. The Morgan fingerprint density at radius 2 is 1.87 bits per heavy atom. The summed E-state index contributed by atoms with van der Waals surface area (Å²) in [6, 6.07) is 8.91. The number of piperazine rings is 1. The molecule has 0 spiro atoms. The first kappa shape index (κ1) is 42.5. The molecule has 19 nitrogen and oxygen atoms in total. The highest BCUT2D eigenvalue weighted by atomic mass is 32.2. The zero-order valence-electron chi connectivity index (χ0n) is 35.4. The van der Waals surface area contributed by atoms with Crippen LogP contribution >= 0.6 is 0 Å². The number of sulfonamides is 1. The third kappa shape index (κ3) is 8.14. The number of benzene rings is 2. The normalized spacial score (nSPS) is 17.9. The van der Waals surface area contributed by atoms with Gasteiger partial charge in [-0.15, -0.1) is 5.10 Å². The van der Waals surface area contributed by atoms with Crippen molar-refractivity contribution in [3.05, 3.63) is 71.4 Å². The van der Waals surface area contributed by atoms with Gasteiger partial charge < -0.3 is 15.0 Å². The number of imidazole rings is 1. The standard InChI is InChI=1S/C41H50FN13O6S/c1-24(2)34-22-53(27-8-11-31-33(18-27)51(6)41(58)55(31)32-12-13-35(56)47-39(32)57)17-16-52(34)15-7-14-50(5)62(59,60)28-9-10-30(29(42)19-28)46-40-48-38-37(61-25(3)4)36(26-20-44-45-21-26)43-23-54(38)49-40/h8-11,18-21,23-25,32,34H,7,12-17,22H2,1-6H3,(H,44,45)(H,46,49)(H,47,56,57)/t32?,34-/m0/s1. The fourth-order valence-corrected chi connectivity index (χ4v) is 9.49. The van der Waals surface area contributed by atoms with Crippen molar-refractivity contribution in [1.29, 1.82) is 0 Å². The molecule has 0 bridgehead atoms. The van der Waals surface area contributed by atoms with Crippen LogP contribution in [-0.2, 0) is 26.7 Å². The van der Waals surface area contributed by atoms with E-state index in [2.05, 4.69) is 59.5 Å². The number of imide groups is 1. The minimum absolute atomic E-state index is 0.00896. The number of carbonyl (C=O) groups excluding carboxylic acids is 2. The van der Waals surface area contributed by atoms with Crippen LogP contribution in [0.5, 0.6) is 5.75 Å². The molecule has 2 aliphatic rings. The summed E-state index contributed by atoms with van der Waals surface area (Å²) in [5.74, 6) is -0.870. The summed E-state index contributed by atoms with van der Waals surface area (Å²) in [7, 11) is -0.838. The van der Waals surface area contributed by atoms with Gasteiger partial charge in [0, 0.05) is 70.2 Å². The van der Waals surface area contributed by atoms with Gasteiger partial charge in [0.1, 0.15) is 23.9 Å². The summed E-state index contributed by atoms with van der Waals surface area (Å²) < 4.78 is 54.6. The molecular formula is C41H50FN13O6S. The van der Waals surface area contributed by atoms with Crippen molar-refractivity contribution < 1.29 is 27.1 Å². The van der Waals surface area contributed by atoms with E-state index >= 15 is 4.39 Å². The summed E-state index contributed by atoms with van der Waals surface area (Å²) in [5, 5.41) is 16.3. The Balaban J connectivity index is 0.898. The number of rotatable bonds is 14. The predicted octanol–water partition coefficient (Wildman–Crippen LogP) is 3.67. The summed E-state index contributed by atoms with van der Waals surface area (Å²) in [6.07, 6.45) is 5.55. The van der Waals surface area contributed by atoms with Gasteiger partial charge in [-0.25, -0.2) is 26.9 Å². The average Bonchev–Trinajstić information content (AvgIpc) is 3.98. The first-order valence-corrected chi connectivity index (χ1v) is 22.0. The van der Waals surface area contributed by atoms with Gasteiger partial charge in [-0.3, -0.25) is 34.0 Å². The zero-order valence-corrected chi connectivity index (χ0v) is 36.2. The second-order valence-corrected chi connectivity index (χ2v) is 18.4. The fraction of sp³-hybridized carbons (Fsp3) is 0.439. The first-order chi connectivity index (χ1) is 29.6. The van der Waals surface area contributed by atoms with Crippen LogP contribution in [0.1, 0.15) is 53.0 Å². The molecule has 6 heterocycles. The molecule has 2 fully saturated rings. The molecule has 2 aliphatic heterocycles. The number of ether oxygens (including phenoxy) is 1. The van der Waals surface area contributed by atoms with E-state index in [1.807, 2.05) is 32.0 Å².